The molecule has 1 amide bonds. The molecular formula is C14H10Cl3NO. The second-order valence-corrected chi connectivity index (χ2v) is 5.08. The Morgan fingerprint density at radius 1 is 1.00 bits per heavy atom. The van der Waals surface area contributed by atoms with Crippen molar-refractivity contribution < 1.29 is 4.79 Å². The van der Waals surface area contributed by atoms with E-state index in [0.717, 1.165) is 5.56 Å². The van der Waals surface area contributed by atoms with Crippen molar-refractivity contribution in [2.24, 2.45) is 0 Å². The van der Waals surface area contributed by atoms with Crippen LogP contribution in [0.25, 0.3) is 0 Å². The van der Waals surface area contributed by atoms with Crippen LogP contribution in [-0.4, -0.2) is 5.91 Å². The van der Waals surface area contributed by atoms with E-state index >= 15 is 0 Å². The summed E-state index contributed by atoms with van der Waals surface area (Å²) in [6.07, 6.45) is 0. The lowest BCUT2D eigenvalue weighted by molar-refractivity contribution is 0.102. The summed E-state index contributed by atoms with van der Waals surface area (Å²) in [4.78, 5) is 12.0. The molecule has 0 fully saturated rings. The second-order valence-electron chi connectivity index (χ2n) is 3.94. The molecule has 1 N–H and O–H groups in total. The predicted octanol–water partition coefficient (Wildman–Crippen LogP) is 4.98. The predicted molar refractivity (Wildman–Crippen MR) is 80.4 cm³/mol. The number of anilines is 1. The third-order valence-corrected chi connectivity index (χ3v) is 3.24. The van der Waals surface area contributed by atoms with E-state index in [1.54, 1.807) is 30.3 Å². The zero-order chi connectivity index (χ0) is 13.8. The molecule has 2 nitrogen and oxygen atoms in total. The van der Waals surface area contributed by atoms with Crippen molar-refractivity contribution in [2.75, 3.05) is 5.32 Å². The fraction of sp³-hybridized carbons (Fsp3) is 0.0714. The highest BCUT2D eigenvalue weighted by Crippen LogP contribution is 2.23. The molecule has 0 aliphatic heterocycles. The van der Waals surface area contributed by atoms with Crippen molar-refractivity contribution in [1.82, 2.24) is 0 Å². The van der Waals surface area contributed by atoms with Crippen molar-refractivity contribution in [2.45, 2.75) is 5.88 Å². The highest BCUT2D eigenvalue weighted by Gasteiger charge is 2.07. The third-order valence-electron chi connectivity index (χ3n) is 2.49. The summed E-state index contributed by atoms with van der Waals surface area (Å²) < 4.78 is 0. The van der Waals surface area contributed by atoms with Crippen molar-refractivity contribution in [1.29, 1.82) is 0 Å². The molecular weight excluding hydrogens is 305 g/mol. The lowest BCUT2D eigenvalue weighted by Crippen LogP contribution is -2.11. The van der Waals surface area contributed by atoms with Crippen molar-refractivity contribution in [3.8, 4) is 0 Å². The summed E-state index contributed by atoms with van der Waals surface area (Å²) in [6.45, 7) is 0. The topological polar surface area (TPSA) is 29.1 Å². The van der Waals surface area contributed by atoms with Gasteiger partial charge in [-0.2, -0.15) is 0 Å². The molecule has 98 valence electrons. The first-order valence-corrected chi connectivity index (χ1v) is 6.80. The Kier molecular flexibility index (Phi) is 4.70. The standard InChI is InChI=1S/C14H10Cl3NO/c15-8-9-1-3-10(4-2-9)14(19)18-13-6-11(16)5-12(17)7-13/h1-7H,8H2,(H,18,19). The van der Waals surface area contributed by atoms with Gasteiger partial charge >= 0.3 is 0 Å². The Labute approximate surface area is 126 Å². The SMILES string of the molecule is O=C(Nc1cc(Cl)cc(Cl)c1)c1ccc(CCl)cc1. The van der Waals surface area contributed by atoms with Crippen LogP contribution in [0.1, 0.15) is 15.9 Å². The van der Waals surface area contributed by atoms with E-state index in [1.165, 1.54) is 0 Å². The van der Waals surface area contributed by atoms with Gasteiger partial charge in [-0.25, -0.2) is 0 Å². The molecule has 19 heavy (non-hydrogen) atoms. The summed E-state index contributed by atoms with van der Waals surface area (Å²) in [5, 5.41) is 3.68. The zero-order valence-corrected chi connectivity index (χ0v) is 12.1. The number of rotatable bonds is 3. The van der Waals surface area contributed by atoms with E-state index in [9.17, 15) is 4.79 Å². The van der Waals surface area contributed by atoms with E-state index < -0.39 is 0 Å². The summed E-state index contributed by atoms with van der Waals surface area (Å²) in [5.74, 6) is 0.200. The van der Waals surface area contributed by atoms with Gasteiger partial charge in [-0.1, -0.05) is 35.3 Å². The maximum absolute atomic E-state index is 12.0. The molecule has 0 saturated heterocycles. The molecule has 2 aromatic rings. The van der Waals surface area contributed by atoms with Gasteiger partial charge in [-0.15, -0.1) is 11.6 Å². The van der Waals surface area contributed by atoms with Crippen LogP contribution in [0.3, 0.4) is 0 Å². The average molecular weight is 315 g/mol. The lowest BCUT2D eigenvalue weighted by atomic mass is 10.1. The number of nitrogens with one attached hydrogen (secondary N) is 1. The number of carbonyl (C=O) groups is 1. The minimum Gasteiger partial charge on any atom is -0.322 e. The number of amides is 1. The summed E-state index contributed by atoms with van der Waals surface area (Å²) >= 11 is 17.4. The first-order valence-electron chi connectivity index (χ1n) is 5.51. The molecule has 0 spiro atoms. The van der Waals surface area contributed by atoms with Crippen LogP contribution in [-0.2, 0) is 5.88 Å². The molecule has 5 heteroatoms. The van der Waals surface area contributed by atoms with Crippen LogP contribution >= 0.6 is 34.8 Å². The Morgan fingerprint density at radius 2 is 1.58 bits per heavy atom. The molecule has 0 atom stereocenters. The van der Waals surface area contributed by atoms with Crippen LogP contribution < -0.4 is 5.32 Å². The Balaban J connectivity index is 2.15. The maximum atomic E-state index is 12.0. The first kappa shape index (κ1) is 14.2. The summed E-state index contributed by atoms with van der Waals surface area (Å²) in [6, 6.07) is 11.9. The molecule has 0 aliphatic carbocycles. The van der Waals surface area contributed by atoms with Crippen molar-refractivity contribution in [3.05, 3.63) is 63.6 Å². The van der Waals surface area contributed by atoms with E-state index in [0.29, 0.717) is 27.2 Å². The average Bonchev–Trinajstić information content (AvgIpc) is 2.37. The molecule has 0 unspecified atom stereocenters. The smallest absolute Gasteiger partial charge is 0.255 e. The minimum atomic E-state index is -0.223. The Hall–Kier alpha value is -1.22. The Morgan fingerprint density at radius 3 is 2.11 bits per heavy atom. The monoisotopic (exact) mass is 313 g/mol. The van der Waals surface area contributed by atoms with Gasteiger partial charge < -0.3 is 5.32 Å². The largest absolute Gasteiger partial charge is 0.322 e. The van der Waals surface area contributed by atoms with E-state index in [1.807, 2.05) is 12.1 Å². The minimum absolute atomic E-state index is 0.223. The normalized spacial score (nSPS) is 10.3. The molecule has 0 aliphatic rings. The van der Waals surface area contributed by atoms with Gasteiger partial charge in [0.25, 0.3) is 5.91 Å². The molecule has 2 aromatic carbocycles. The quantitative estimate of drug-likeness (QED) is 0.795. The zero-order valence-electron chi connectivity index (χ0n) is 9.79. The van der Waals surface area contributed by atoms with Gasteiger partial charge in [-0.05, 0) is 35.9 Å². The van der Waals surface area contributed by atoms with Crippen LogP contribution in [0.2, 0.25) is 10.0 Å². The van der Waals surface area contributed by atoms with E-state index in [4.69, 9.17) is 34.8 Å². The molecule has 2 rings (SSSR count). The number of hydrogen-bond donors (Lipinski definition) is 1. The van der Waals surface area contributed by atoms with Crippen LogP contribution in [0.5, 0.6) is 0 Å². The number of benzene rings is 2. The number of alkyl halides is 1. The number of carbonyl (C=O) groups excluding carboxylic acids is 1. The van der Waals surface area contributed by atoms with Crippen molar-refractivity contribution in [3.63, 3.8) is 0 Å². The molecule has 0 heterocycles. The van der Waals surface area contributed by atoms with E-state index in [-0.39, 0.29) is 5.91 Å². The molecule has 0 radical (unpaired) electrons. The van der Waals surface area contributed by atoms with Crippen LogP contribution in [0, 0.1) is 0 Å². The van der Waals surface area contributed by atoms with Gasteiger partial charge in [0.05, 0.1) is 0 Å². The van der Waals surface area contributed by atoms with Gasteiger partial charge in [0.2, 0.25) is 0 Å². The maximum Gasteiger partial charge on any atom is 0.255 e. The highest BCUT2D eigenvalue weighted by atomic mass is 35.5. The first-order chi connectivity index (χ1) is 9.08. The van der Waals surface area contributed by atoms with Gasteiger partial charge in [0.1, 0.15) is 0 Å². The summed E-state index contributed by atoms with van der Waals surface area (Å²) in [5.41, 5.74) is 2.07. The van der Waals surface area contributed by atoms with Gasteiger partial charge in [0, 0.05) is 27.2 Å². The summed E-state index contributed by atoms with van der Waals surface area (Å²) in [7, 11) is 0. The van der Waals surface area contributed by atoms with Crippen LogP contribution in [0.15, 0.2) is 42.5 Å². The molecule has 0 bridgehead atoms. The fourth-order valence-electron chi connectivity index (χ4n) is 1.57. The molecule has 0 saturated carbocycles. The van der Waals surface area contributed by atoms with Crippen molar-refractivity contribution >= 4 is 46.4 Å². The number of halogens is 3. The Bertz CT molecular complexity index is 576. The molecule has 0 aromatic heterocycles. The van der Waals surface area contributed by atoms with E-state index in [2.05, 4.69) is 5.32 Å². The fourth-order valence-corrected chi connectivity index (χ4v) is 2.28. The number of hydrogen-bond acceptors (Lipinski definition) is 1. The van der Waals surface area contributed by atoms with Crippen LogP contribution in [0.4, 0.5) is 5.69 Å². The third kappa shape index (κ3) is 3.87. The highest BCUT2D eigenvalue weighted by molar-refractivity contribution is 6.35. The second kappa shape index (κ2) is 6.29. The van der Waals surface area contributed by atoms with Gasteiger partial charge in [-0.3, -0.25) is 4.79 Å². The van der Waals surface area contributed by atoms with Gasteiger partial charge in [0.15, 0.2) is 0 Å². The lowest BCUT2D eigenvalue weighted by Gasteiger charge is -2.07.